The van der Waals surface area contributed by atoms with Crippen molar-refractivity contribution < 1.29 is 9.90 Å². The predicted molar refractivity (Wildman–Crippen MR) is 96.1 cm³/mol. The Kier molecular flexibility index (Phi) is 5.77. The molecular weight excluding hydrogens is 300 g/mol. The van der Waals surface area contributed by atoms with Crippen LogP contribution < -0.4 is 5.32 Å². The van der Waals surface area contributed by atoms with Gasteiger partial charge in [0.25, 0.3) is 0 Å². The number of rotatable bonds is 4. The van der Waals surface area contributed by atoms with Crippen molar-refractivity contribution >= 4 is 5.91 Å². The van der Waals surface area contributed by atoms with Gasteiger partial charge in [0.2, 0.25) is 5.91 Å². The summed E-state index contributed by atoms with van der Waals surface area (Å²) in [7, 11) is 0. The average Bonchev–Trinajstić information content (AvgIpc) is 2.58. The van der Waals surface area contributed by atoms with Gasteiger partial charge >= 0.3 is 0 Å². The summed E-state index contributed by atoms with van der Waals surface area (Å²) < 4.78 is 0. The van der Waals surface area contributed by atoms with Crippen molar-refractivity contribution in [1.29, 1.82) is 0 Å². The van der Waals surface area contributed by atoms with Crippen molar-refractivity contribution in [3.63, 3.8) is 0 Å². The molecule has 1 aliphatic carbocycles. The molecule has 0 bridgehead atoms. The van der Waals surface area contributed by atoms with E-state index in [4.69, 9.17) is 0 Å². The van der Waals surface area contributed by atoms with Gasteiger partial charge in [0.05, 0.1) is 6.54 Å². The highest BCUT2D eigenvalue weighted by atomic mass is 16.3. The van der Waals surface area contributed by atoms with Crippen LogP contribution in [0.4, 0.5) is 0 Å². The molecule has 2 N–H and O–H groups in total. The molecule has 0 spiro atoms. The molecule has 3 rings (SSSR count). The van der Waals surface area contributed by atoms with E-state index in [0.717, 1.165) is 32.4 Å². The van der Waals surface area contributed by atoms with Crippen LogP contribution in [0.3, 0.4) is 0 Å². The summed E-state index contributed by atoms with van der Waals surface area (Å²) in [5.41, 5.74) is 1.30. The third-order valence-electron chi connectivity index (χ3n) is 5.78. The van der Waals surface area contributed by atoms with Crippen LogP contribution in [0.5, 0.6) is 5.75 Å². The standard InChI is InChI=1S/C20H30N2O2/c1-15-4-2-3-5-19(15)21-20(24)14-22-12-10-17(11-13-22)16-6-8-18(23)9-7-16/h6-9,15,17,19,23H,2-5,10-14H2,1H3,(H,21,24)/t15-,19+/m1/s1. The summed E-state index contributed by atoms with van der Waals surface area (Å²) in [4.78, 5) is 14.6. The number of hydrogen-bond donors (Lipinski definition) is 2. The highest BCUT2D eigenvalue weighted by molar-refractivity contribution is 5.78. The van der Waals surface area contributed by atoms with E-state index < -0.39 is 0 Å². The Morgan fingerprint density at radius 3 is 2.46 bits per heavy atom. The number of phenolic OH excluding ortho intramolecular Hbond substituents is 1. The van der Waals surface area contributed by atoms with Crippen LogP contribution >= 0.6 is 0 Å². The van der Waals surface area contributed by atoms with Gasteiger partial charge in [0.1, 0.15) is 5.75 Å². The average molecular weight is 330 g/mol. The number of nitrogens with one attached hydrogen (secondary N) is 1. The zero-order valence-corrected chi connectivity index (χ0v) is 14.7. The first-order valence-corrected chi connectivity index (χ1v) is 9.42. The molecule has 24 heavy (non-hydrogen) atoms. The number of hydrogen-bond acceptors (Lipinski definition) is 3. The normalized spacial score (nSPS) is 26.2. The van der Waals surface area contributed by atoms with Gasteiger partial charge in [-0.25, -0.2) is 0 Å². The summed E-state index contributed by atoms with van der Waals surface area (Å²) in [5.74, 6) is 1.67. The molecule has 1 aromatic carbocycles. The number of piperidine rings is 1. The van der Waals surface area contributed by atoms with Gasteiger partial charge in [-0.3, -0.25) is 9.69 Å². The maximum atomic E-state index is 12.3. The van der Waals surface area contributed by atoms with Gasteiger partial charge in [0, 0.05) is 6.04 Å². The number of carbonyl (C=O) groups excluding carboxylic acids is 1. The number of phenols is 1. The van der Waals surface area contributed by atoms with Crippen molar-refractivity contribution in [1.82, 2.24) is 10.2 Å². The molecule has 2 aliphatic rings. The van der Waals surface area contributed by atoms with Crippen LogP contribution in [0.1, 0.15) is 56.9 Å². The monoisotopic (exact) mass is 330 g/mol. The molecule has 0 radical (unpaired) electrons. The summed E-state index contributed by atoms with van der Waals surface area (Å²) in [5, 5.41) is 12.7. The minimum atomic E-state index is 0.192. The van der Waals surface area contributed by atoms with Crippen LogP contribution in [0.15, 0.2) is 24.3 Å². The van der Waals surface area contributed by atoms with Crippen LogP contribution in [0.25, 0.3) is 0 Å². The van der Waals surface area contributed by atoms with Crippen LogP contribution in [-0.2, 0) is 4.79 Å². The third kappa shape index (κ3) is 4.50. The molecule has 132 valence electrons. The van der Waals surface area contributed by atoms with Crippen LogP contribution in [0.2, 0.25) is 0 Å². The minimum Gasteiger partial charge on any atom is -0.508 e. The quantitative estimate of drug-likeness (QED) is 0.891. The molecule has 1 saturated carbocycles. The number of carbonyl (C=O) groups is 1. The van der Waals surface area contributed by atoms with Crippen LogP contribution in [0, 0.1) is 5.92 Å². The molecule has 1 heterocycles. The Balaban J connectivity index is 1.43. The van der Waals surface area contributed by atoms with Gasteiger partial charge in [-0.05, 0) is 68.3 Å². The lowest BCUT2D eigenvalue weighted by molar-refractivity contribution is -0.123. The second-order valence-corrected chi connectivity index (χ2v) is 7.58. The van der Waals surface area contributed by atoms with Crippen molar-refractivity contribution in [3.8, 4) is 5.75 Å². The largest absolute Gasteiger partial charge is 0.508 e. The molecule has 4 nitrogen and oxygen atoms in total. The fourth-order valence-corrected chi connectivity index (χ4v) is 4.16. The van der Waals surface area contributed by atoms with E-state index >= 15 is 0 Å². The minimum absolute atomic E-state index is 0.192. The SMILES string of the molecule is C[C@@H]1CCCC[C@@H]1NC(=O)CN1CCC(c2ccc(O)cc2)CC1. The molecule has 1 amide bonds. The fraction of sp³-hybridized carbons (Fsp3) is 0.650. The zero-order valence-electron chi connectivity index (χ0n) is 14.7. The fourth-order valence-electron chi connectivity index (χ4n) is 4.16. The molecule has 1 saturated heterocycles. The molecule has 1 aromatic rings. The number of aromatic hydroxyl groups is 1. The van der Waals surface area contributed by atoms with E-state index in [2.05, 4.69) is 17.1 Å². The van der Waals surface area contributed by atoms with E-state index in [-0.39, 0.29) is 5.91 Å². The van der Waals surface area contributed by atoms with E-state index in [1.54, 1.807) is 12.1 Å². The third-order valence-corrected chi connectivity index (χ3v) is 5.78. The van der Waals surface area contributed by atoms with Crippen molar-refractivity contribution in [2.45, 2.75) is 57.4 Å². The predicted octanol–water partition coefficient (Wildman–Crippen LogP) is 3.27. The summed E-state index contributed by atoms with van der Waals surface area (Å²) >= 11 is 0. The van der Waals surface area contributed by atoms with Crippen molar-refractivity contribution in [3.05, 3.63) is 29.8 Å². The zero-order chi connectivity index (χ0) is 16.9. The highest BCUT2D eigenvalue weighted by Crippen LogP contribution is 2.29. The lowest BCUT2D eigenvalue weighted by Crippen LogP contribution is -2.47. The molecular formula is C20H30N2O2. The Labute approximate surface area is 145 Å². The van der Waals surface area contributed by atoms with Crippen LogP contribution in [-0.4, -0.2) is 41.6 Å². The Morgan fingerprint density at radius 2 is 1.79 bits per heavy atom. The lowest BCUT2D eigenvalue weighted by atomic mass is 9.86. The first-order valence-electron chi connectivity index (χ1n) is 9.42. The maximum absolute atomic E-state index is 12.3. The number of amides is 1. The van der Waals surface area contributed by atoms with E-state index in [1.807, 2.05) is 12.1 Å². The van der Waals surface area contributed by atoms with Gasteiger partial charge < -0.3 is 10.4 Å². The van der Waals surface area contributed by atoms with E-state index in [1.165, 1.54) is 24.8 Å². The summed E-state index contributed by atoms with van der Waals surface area (Å²) in [6.07, 6.45) is 7.08. The van der Waals surface area contributed by atoms with E-state index in [9.17, 15) is 9.90 Å². The molecule has 4 heteroatoms. The maximum Gasteiger partial charge on any atom is 0.234 e. The Hall–Kier alpha value is -1.55. The second kappa shape index (κ2) is 8.02. The Morgan fingerprint density at radius 1 is 1.12 bits per heavy atom. The first kappa shape index (κ1) is 17.3. The summed E-state index contributed by atoms with van der Waals surface area (Å²) in [6.45, 7) is 4.73. The Bertz CT molecular complexity index is 535. The topological polar surface area (TPSA) is 52.6 Å². The summed E-state index contributed by atoms with van der Waals surface area (Å²) in [6, 6.07) is 7.95. The van der Waals surface area contributed by atoms with Gasteiger partial charge in [-0.2, -0.15) is 0 Å². The number of likely N-dealkylation sites (tertiary alicyclic amines) is 1. The molecule has 2 fully saturated rings. The van der Waals surface area contributed by atoms with Crippen molar-refractivity contribution in [2.75, 3.05) is 19.6 Å². The van der Waals surface area contributed by atoms with Gasteiger partial charge in [0.15, 0.2) is 0 Å². The number of benzene rings is 1. The highest BCUT2D eigenvalue weighted by Gasteiger charge is 2.25. The smallest absolute Gasteiger partial charge is 0.234 e. The molecule has 2 atom stereocenters. The van der Waals surface area contributed by atoms with Gasteiger partial charge in [-0.1, -0.05) is 31.9 Å². The molecule has 1 aliphatic heterocycles. The molecule has 0 unspecified atom stereocenters. The van der Waals surface area contributed by atoms with E-state index in [0.29, 0.717) is 30.2 Å². The van der Waals surface area contributed by atoms with Gasteiger partial charge in [-0.15, -0.1) is 0 Å². The lowest BCUT2D eigenvalue weighted by Gasteiger charge is -2.33. The first-order chi connectivity index (χ1) is 11.6. The van der Waals surface area contributed by atoms with Crippen molar-refractivity contribution in [2.24, 2.45) is 5.92 Å². The molecule has 0 aromatic heterocycles. The number of nitrogens with zero attached hydrogens (tertiary/aromatic N) is 1. The second-order valence-electron chi connectivity index (χ2n) is 7.58.